The van der Waals surface area contributed by atoms with Crippen LogP contribution in [-0.2, 0) is 19.4 Å². The highest BCUT2D eigenvalue weighted by Gasteiger charge is 2.01. The van der Waals surface area contributed by atoms with Crippen LogP contribution in [0.25, 0.3) is 0 Å². The highest BCUT2D eigenvalue weighted by Crippen LogP contribution is 1.81. The van der Waals surface area contributed by atoms with Gasteiger partial charge < -0.3 is 5.11 Å². The monoisotopic (exact) mass is 187 g/mol. The van der Waals surface area contributed by atoms with Crippen molar-refractivity contribution in [3.05, 3.63) is 0 Å². The van der Waals surface area contributed by atoms with Crippen molar-refractivity contribution in [2.45, 2.75) is 0 Å². The van der Waals surface area contributed by atoms with Gasteiger partial charge in [0.15, 0.2) is 0 Å². The van der Waals surface area contributed by atoms with Gasteiger partial charge in [0.1, 0.15) is 6.73 Å². The van der Waals surface area contributed by atoms with E-state index < -0.39 is 17.1 Å². The summed E-state index contributed by atoms with van der Waals surface area (Å²) in [5.41, 5.74) is 2.02. The SMILES string of the molecule is O=S(=O)(O)OCNOCCO. The predicted octanol–water partition coefficient (Wildman–Crippen LogP) is -1.72. The Bertz CT molecular complexity index is 176. The summed E-state index contributed by atoms with van der Waals surface area (Å²) in [7, 11) is -4.42. The van der Waals surface area contributed by atoms with Crippen LogP contribution in [0.4, 0.5) is 0 Å². The Hall–Kier alpha value is -0.250. The third-order valence-electron chi connectivity index (χ3n) is 0.562. The first-order valence-corrected chi connectivity index (χ1v) is 4.00. The number of aliphatic hydroxyl groups excluding tert-OH is 1. The van der Waals surface area contributed by atoms with Gasteiger partial charge in [-0.15, -0.1) is 0 Å². The zero-order valence-electron chi connectivity index (χ0n) is 5.56. The zero-order chi connectivity index (χ0) is 8.74. The van der Waals surface area contributed by atoms with Gasteiger partial charge in [-0.3, -0.25) is 9.39 Å². The molecule has 0 unspecified atom stereocenters. The maximum Gasteiger partial charge on any atom is 0.398 e. The largest absolute Gasteiger partial charge is 0.398 e. The Labute approximate surface area is 63.8 Å². The van der Waals surface area contributed by atoms with E-state index in [2.05, 4.69) is 9.02 Å². The minimum Gasteiger partial charge on any atom is -0.394 e. The summed E-state index contributed by atoms with van der Waals surface area (Å²) in [4.78, 5) is 4.38. The molecular weight excluding hydrogens is 178 g/mol. The van der Waals surface area contributed by atoms with E-state index >= 15 is 0 Å². The van der Waals surface area contributed by atoms with Crippen molar-refractivity contribution in [1.29, 1.82) is 0 Å². The number of hydrogen-bond acceptors (Lipinski definition) is 6. The Morgan fingerprint density at radius 3 is 2.55 bits per heavy atom. The van der Waals surface area contributed by atoms with Gasteiger partial charge in [-0.2, -0.15) is 13.9 Å². The van der Waals surface area contributed by atoms with Gasteiger partial charge >= 0.3 is 10.4 Å². The van der Waals surface area contributed by atoms with Gasteiger partial charge in [-0.25, -0.2) is 4.18 Å². The van der Waals surface area contributed by atoms with E-state index in [9.17, 15) is 8.42 Å². The topological polar surface area (TPSA) is 105 Å². The molecule has 68 valence electrons. The number of aliphatic hydroxyl groups is 1. The molecular formula is C3H9NO6S. The van der Waals surface area contributed by atoms with Crippen LogP contribution in [0.3, 0.4) is 0 Å². The standard InChI is InChI=1S/C3H9NO6S/c5-1-2-9-4-3-10-11(6,7)8/h4-5H,1-3H2,(H,6,7,8). The van der Waals surface area contributed by atoms with Crippen LogP contribution in [0, 0.1) is 0 Å². The van der Waals surface area contributed by atoms with E-state index in [4.69, 9.17) is 9.66 Å². The fourth-order valence-electron chi connectivity index (χ4n) is 0.258. The Morgan fingerprint density at radius 1 is 1.45 bits per heavy atom. The van der Waals surface area contributed by atoms with E-state index in [1.54, 1.807) is 0 Å². The van der Waals surface area contributed by atoms with Crippen molar-refractivity contribution in [3.8, 4) is 0 Å². The van der Waals surface area contributed by atoms with Gasteiger partial charge in [-0.05, 0) is 0 Å². The molecule has 0 aromatic rings. The van der Waals surface area contributed by atoms with Crippen LogP contribution in [0.5, 0.6) is 0 Å². The fraction of sp³-hybridized carbons (Fsp3) is 1.00. The lowest BCUT2D eigenvalue weighted by atomic mass is 10.8. The highest BCUT2D eigenvalue weighted by molar-refractivity contribution is 7.80. The van der Waals surface area contributed by atoms with E-state index in [1.165, 1.54) is 0 Å². The van der Waals surface area contributed by atoms with Crippen LogP contribution in [0.15, 0.2) is 0 Å². The van der Waals surface area contributed by atoms with Crippen molar-refractivity contribution in [1.82, 2.24) is 5.48 Å². The summed E-state index contributed by atoms with van der Waals surface area (Å²) in [6, 6.07) is 0. The summed E-state index contributed by atoms with van der Waals surface area (Å²) in [6.07, 6.45) is 0. The average molecular weight is 187 g/mol. The first kappa shape index (κ1) is 10.8. The molecule has 0 bridgehead atoms. The smallest absolute Gasteiger partial charge is 0.394 e. The first-order chi connectivity index (χ1) is 5.06. The van der Waals surface area contributed by atoms with Crippen LogP contribution in [-0.4, -0.2) is 38.0 Å². The average Bonchev–Trinajstić information content (AvgIpc) is 1.85. The van der Waals surface area contributed by atoms with Crippen LogP contribution in [0.1, 0.15) is 0 Å². The van der Waals surface area contributed by atoms with Gasteiger partial charge in [0.05, 0.1) is 13.2 Å². The Morgan fingerprint density at radius 2 is 2.09 bits per heavy atom. The third kappa shape index (κ3) is 9.75. The van der Waals surface area contributed by atoms with E-state index in [0.29, 0.717) is 0 Å². The van der Waals surface area contributed by atoms with E-state index in [1.807, 2.05) is 5.48 Å². The number of nitrogens with one attached hydrogen (secondary N) is 1. The van der Waals surface area contributed by atoms with Crippen LogP contribution < -0.4 is 5.48 Å². The molecule has 0 aliphatic heterocycles. The minimum absolute atomic E-state index is 0.00877. The molecule has 8 heteroatoms. The van der Waals surface area contributed by atoms with E-state index in [-0.39, 0.29) is 13.2 Å². The Kier molecular flexibility index (Phi) is 5.28. The predicted molar refractivity (Wildman–Crippen MR) is 33.7 cm³/mol. The molecule has 7 nitrogen and oxygen atoms in total. The second kappa shape index (κ2) is 5.41. The van der Waals surface area contributed by atoms with Crippen LogP contribution in [0.2, 0.25) is 0 Å². The summed E-state index contributed by atoms with van der Waals surface area (Å²) < 4.78 is 31.5. The van der Waals surface area contributed by atoms with Crippen molar-refractivity contribution < 1.29 is 27.1 Å². The first-order valence-electron chi connectivity index (χ1n) is 2.63. The molecule has 0 amide bonds. The number of hydrogen-bond donors (Lipinski definition) is 3. The maximum atomic E-state index is 9.85. The normalized spacial score (nSPS) is 11.8. The second-order valence-corrected chi connectivity index (χ2v) is 2.50. The molecule has 0 aromatic carbocycles. The Balaban J connectivity index is 3.16. The summed E-state index contributed by atoms with van der Waals surface area (Å²) >= 11 is 0. The fourth-order valence-corrected chi connectivity index (χ4v) is 0.455. The summed E-state index contributed by atoms with van der Waals surface area (Å²) in [6.45, 7) is -0.688. The molecule has 11 heavy (non-hydrogen) atoms. The molecule has 0 atom stereocenters. The molecule has 0 saturated heterocycles. The molecule has 0 heterocycles. The maximum absolute atomic E-state index is 9.85. The lowest BCUT2D eigenvalue weighted by Crippen LogP contribution is -2.22. The highest BCUT2D eigenvalue weighted by atomic mass is 32.3. The minimum atomic E-state index is -4.42. The van der Waals surface area contributed by atoms with Crippen molar-refractivity contribution in [2.24, 2.45) is 0 Å². The van der Waals surface area contributed by atoms with Gasteiger partial charge in [0.25, 0.3) is 0 Å². The molecule has 3 N–H and O–H groups in total. The lowest BCUT2D eigenvalue weighted by molar-refractivity contribution is -0.0145. The molecule has 0 aliphatic rings. The zero-order valence-corrected chi connectivity index (χ0v) is 6.37. The molecule has 0 saturated carbocycles. The van der Waals surface area contributed by atoms with Gasteiger partial charge in [-0.1, -0.05) is 0 Å². The molecule has 0 spiro atoms. The van der Waals surface area contributed by atoms with Crippen molar-refractivity contribution >= 4 is 10.4 Å². The van der Waals surface area contributed by atoms with Gasteiger partial charge in [0, 0.05) is 0 Å². The number of rotatable bonds is 6. The van der Waals surface area contributed by atoms with Crippen molar-refractivity contribution in [2.75, 3.05) is 19.9 Å². The quantitative estimate of drug-likeness (QED) is 0.196. The molecule has 0 rings (SSSR count). The molecule has 0 aromatic heterocycles. The molecule has 0 aliphatic carbocycles. The summed E-state index contributed by atoms with van der Waals surface area (Å²) in [5, 5.41) is 8.15. The van der Waals surface area contributed by atoms with Gasteiger partial charge in [0.2, 0.25) is 0 Å². The summed E-state index contributed by atoms with van der Waals surface area (Å²) in [5.74, 6) is 0. The second-order valence-electron chi connectivity index (χ2n) is 1.41. The lowest BCUT2D eigenvalue weighted by Gasteiger charge is -2.01. The molecule has 0 fully saturated rings. The van der Waals surface area contributed by atoms with Crippen molar-refractivity contribution in [3.63, 3.8) is 0 Å². The third-order valence-corrected chi connectivity index (χ3v) is 0.978. The van der Waals surface area contributed by atoms with Crippen LogP contribution >= 0.6 is 0 Å². The van der Waals surface area contributed by atoms with E-state index in [0.717, 1.165) is 0 Å². The molecule has 0 radical (unpaired) electrons. The number of hydroxylamine groups is 1.